The first kappa shape index (κ1) is 15.8. The predicted octanol–water partition coefficient (Wildman–Crippen LogP) is 2.59. The number of carbonyl (C=O) groups is 2. The van der Waals surface area contributed by atoms with Crippen LogP contribution in [-0.2, 0) is 9.59 Å². The van der Waals surface area contributed by atoms with Crippen LogP contribution >= 0.6 is 11.3 Å². The van der Waals surface area contributed by atoms with E-state index < -0.39 is 11.8 Å². The SMILES string of the molecule is C#Cc1cccc(NC(=O)C(=O)NC[C@@H](C)c2cccs2)c1. The molecule has 0 spiro atoms. The molecule has 0 aliphatic rings. The molecule has 0 fully saturated rings. The van der Waals surface area contributed by atoms with Gasteiger partial charge < -0.3 is 10.6 Å². The van der Waals surface area contributed by atoms with E-state index in [0.717, 1.165) is 0 Å². The molecule has 0 unspecified atom stereocenters. The number of benzene rings is 1. The normalized spacial score (nSPS) is 11.3. The largest absolute Gasteiger partial charge is 0.347 e. The smallest absolute Gasteiger partial charge is 0.313 e. The van der Waals surface area contributed by atoms with Gasteiger partial charge in [-0.2, -0.15) is 0 Å². The molecule has 1 heterocycles. The molecule has 2 rings (SSSR count). The van der Waals surface area contributed by atoms with Crippen LogP contribution in [0.4, 0.5) is 5.69 Å². The highest BCUT2D eigenvalue weighted by atomic mass is 32.1. The lowest BCUT2D eigenvalue weighted by atomic mass is 10.1. The highest BCUT2D eigenvalue weighted by Gasteiger charge is 2.15. The van der Waals surface area contributed by atoms with Crippen LogP contribution in [-0.4, -0.2) is 18.4 Å². The summed E-state index contributed by atoms with van der Waals surface area (Å²) in [5.74, 6) is 1.28. The molecule has 22 heavy (non-hydrogen) atoms. The Morgan fingerprint density at radius 3 is 2.77 bits per heavy atom. The third-order valence-electron chi connectivity index (χ3n) is 3.09. The molecule has 5 heteroatoms. The summed E-state index contributed by atoms with van der Waals surface area (Å²) < 4.78 is 0. The molecular formula is C17H16N2O2S. The van der Waals surface area contributed by atoms with Gasteiger partial charge in [-0.3, -0.25) is 9.59 Å². The van der Waals surface area contributed by atoms with Crippen molar-refractivity contribution in [3.63, 3.8) is 0 Å². The van der Waals surface area contributed by atoms with Gasteiger partial charge in [-0.05, 0) is 29.6 Å². The Balaban J connectivity index is 1.87. The molecule has 1 aromatic carbocycles. The first-order valence-electron chi connectivity index (χ1n) is 6.79. The van der Waals surface area contributed by atoms with Gasteiger partial charge in [0.15, 0.2) is 0 Å². The standard InChI is InChI=1S/C17H16N2O2S/c1-3-13-6-4-7-14(10-13)19-17(21)16(20)18-11-12(2)15-8-5-9-22-15/h1,4-10,12H,11H2,2H3,(H,18,20)(H,19,21)/t12-/m1/s1. The zero-order chi connectivity index (χ0) is 15.9. The number of terminal acetylenes is 1. The van der Waals surface area contributed by atoms with Gasteiger partial charge in [0.05, 0.1) is 0 Å². The monoisotopic (exact) mass is 312 g/mol. The lowest BCUT2D eigenvalue weighted by Gasteiger charge is -2.11. The molecule has 4 nitrogen and oxygen atoms in total. The van der Waals surface area contributed by atoms with Crippen LogP contribution in [0.1, 0.15) is 23.3 Å². The van der Waals surface area contributed by atoms with Crippen LogP contribution in [0.5, 0.6) is 0 Å². The van der Waals surface area contributed by atoms with Crippen LogP contribution in [0.15, 0.2) is 41.8 Å². The molecular weight excluding hydrogens is 296 g/mol. The molecule has 1 atom stereocenters. The number of hydrogen-bond donors (Lipinski definition) is 2. The van der Waals surface area contributed by atoms with Gasteiger partial charge in [0.1, 0.15) is 0 Å². The fraction of sp³-hybridized carbons (Fsp3) is 0.176. The molecule has 0 saturated heterocycles. The first-order valence-corrected chi connectivity index (χ1v) is 7.67. The van der Waals surface area contributed by atoms with E-state index in [2.05, 4.69) is 16.6 Å². The van der Waals surface area contributed by atoms with Crippen molar-refractivity contribution in [2.45, 2.75) is 12.8 Å². The van der Waals surface area contributed by atoms with Crippen LogP contribution in [0.3, 0.4) is 0 Å². The molecule has 0 radical (unpaired) electrons. The minimum Gasteiger partial charge on any atom is -0.347 e. The van der Waals surface area contributed by atoms with Crippen LogP contribution in [0.25, 0.3) is 0 Å². The average molecular weight is 312 g/mol. The Hall–Kier alpha value is -2.58. The maximum absolute atomic E-state index is 11.8. The molecule has 0 aliphatic heterocycles. The maximum atomic E-state index is 11.8. The highest BCUT2D eigenvalue weighted by molar-refractivity contribution is 7.10. The van der Waals surface area contributed by atoms with E-state index in [-0.39, 0.29) is 5.92 Å². The molecule has 2 N–H and O–H groups in total. The van der Waals surface area contributed by atoms with Gasteiger partial charge in [-0.1, -0.05) is 25.0 Å². The number of rotatable bonds is 4. The molecule has 0 bridgehead atoms. The van der Waals surface area contributed by atoms with E-state index in [1.807, 2.05) is 24.4 Å². The second-order valence-corrected chi connectivity index (χ2v) is 5.79. The van der Waals surface area contributed by atoms with Crippen molar-refractivity contribution >= 4 is 28.8 Å². The fourth-order valence-corrected chi connectivity index (χ4v) is 2.66. The lowest BCUT2D eigenvalue weighted by Crippen LogP contribution is -2.37. The highest BCUT2D eigenvalue weighted by Crippen LogP contribution is 2.19. The average Bonchev–Trinajstić information content (AvgIpc) is 3.06. The quantitative estimate of drug-likeness (QED) is 0.673. The van der Waals surface area contributed by atoms with Crippen molar-refractivity contribution in [2.75, 3.05) is 11.9 Å². The summed E-state index contributed by atoms with van der Waals surface area (Å²) in [6.07, 6.45) is 5.30. The minimum atomic E-state index is -0.701. The van der Waals surface area contributed by atoms with E-state index in [4.69, 9.17) is 6.42 Å². The van der Waals surface area contributed by atoms with Crippen molar-refractivity contribution in [2.24, 2.45) is 0 Å². The number of hydrogen-bond acceptors (Lipinski definition) is 3. The number of nitrogens with one attached hydrogen (secondary N) is 2. The van der Waals surface area contributed by atoms with Crippen molar-refractivity contribution in [1.82, 2.24) is 5.32 Å². The third kappa shape index (κ3) is 4.21. The van der Waals surface area contributed by atoms with Crippen LogP contribution < -0.4 is 10.6 Å². The van der Waals surface area contributed by atoms with E-state index in [1.54, 1.807) is 35.6 Å². The van der Waals surface area contributed by atoms with Gasteiger partial charge in [0, 0.05) is 28.6 Å². The number of carbonyl (C=O) groups excluding carboxylic acids is 2. The van der Waals surface area contributed by atoms with Crippen molar-refractivity contribution in [1.29, 1.82) is 0 Å². The van der Waals surface area contributed by atoms with Gasteiger partial charge in [-0.25, -0.2) is 0 Å². The molecule has 112 valence electrons. The number of amides is 2. The van der Waals surface area contributed by atoms with Crippen molar-refractivity contribution in [3.8, 4) is 12.3 Å². The summed E-state index contributed by atoms with van der Waals surface area (Å²) in [7, 11) is 0. The summed E-state index contributed by atoms with van der Waals surface area (Å²) in [6.45, 7) is 2.41. The number of thiophene rings is 1. The summed E-state index contributed by atoms with van der Waals surface area (Å²) in [5, 5.41) is 7.15. The lowest BCUT2D eigenvalue weighted by molar-refractivity contribution is -0.136. The Kier molecular flexibility index (Phi) is 5.34. The second-order valence-electron chi connectivity index (χ2n) is 4.81. The van der Waals surface area contributed by atoms with E-state index in [9.17, 15) is 9.59 Å². The van der Waals surface area contributed by atoms with Gasteiger partial charge >= 0.3 is 11.8 Å². The molecule has 1 aromatic heterocycles. The summed E-state index contributed by atoms with van der Waals surface area (Å²) in [6, 6.07) is 10.8. The summed E-state index contributed by atoms with van der Waals surface area (Å²) in [4.78, 5) is 24.8. The Bertz CT molecular complexity index is 702. The zero-order valence-corrected chi connectivity index (χ0v) is 12.9. The Morgan fingerprint density at radius 1 is 1.27 bits per heavy atom. The predicted molar refractivity (Wildman–Crippen MR) is 88.8 cm³/mol. The second kappa shape index (κ2) is 7.43. The maximum Gasteiger partial charge on any atom is 0.313 e. The van der Waals surface area contributed by atoms with Gasteiger partial charge in [-0.15, -0.1) is 17.8 Å². The Labute approximate surface area is 133 Å². The third-order valence-corrected chi connectivity index (χ3v) is 4.19. The molecule has 2 aromatic rings. The van der Waals surface area contributed by atoms with E-state index >= 15 is 0 Å². The number of anilines is 1. The summed E-state index contributed by atoms with van der Waals surface area (Å²) in [5.41, 5.74) is 1.14. The van der Waals surface area contributed by atoms with E-state index in [1.165, 1.54) is 4.88 Å². The molecule has 0 saturated carbocycles. The molecule has 2 amide bonds. The topological polar surface area (TPSA) is 58.2 Å². The fourth-order valence-electron chi connectivity index (χ4n) is 1.87. The van der Waals surface area contributed by atoms with Crippen LogP contribution in [0.2, 0.25) is 0 Å². The van der Waals surface area contributed by atoms with Gasteiger partial charge in [0.2, 0.25) is 0 Å². The van der Waals surface area contributed by atoms with Crippen molar-refractivity contribution in [3.05, 3.63) is 52.2 Å². The minimum absolute atomic E-state index is 0.168. The van der Waals surface area contributed by atoms with Crippen molar-refractivity contribution < 1.29 is 9.59 Å². The molecule has 0 aliphatic carbocycles. The first-order chi connectivity index (χ1) is 10.6. The van der Waals surface area contributed by atoms with Gasteiger partial charge in [0.25, 0.3) is 0 Å². The van der Waals surface area contributed by atoms with Crippen LogP contribution in [0, 0.1) is 12.3 Å². The zero-order valence-electron chi connectivity index (χ0n) is 12.1. The Morgan fingerprint density at radius 2 is 2.09 bits per heavy atom. The summed E-state index contributed by atoms with van der Waals surface area (Å²) >= 11 is 1.63. The van der Waals surface area contributed by atoms with E-state index in [0.29, 0.717) is 17.8 Å².